The summed E-state index contributed by atoms with van der Waals surface area (Å²) in [7, 11) is 0. The van der Waals surface area contributed by atoms with Crippen LogP contribution in [0.5, 0.6) is 0 Å². The van der Waals surface area contributed by atoms with Crippen LogP contribution in [0.2, 0.25) is 0 Å². The highest BCUT2D eigenvalue weighted by Crippen LogP contribution is 2.51. The van der Waals surface area contributed by atoms with Gasteiger partial charge in [-0.25, -0.2) is 4.79 Å². The Morgan fingerprint density at radius 3 is 1.90 bits per heavy atom. The first-order chi connectivity index (χ1) is 18.7. The summed E-state index contributed by atoms with van der Waals surface area (Å²) in [5.74, 6) is -6.29. The van der Waals surface area contributed by atoms with Crippen molar-refractivity contribution in [1.29, 1.82) is 0 Å². The predicted molar refractivity (Wildman–Crippen MR) is 154 cm³/mol. The number of Topliss-reactive ketones (excluding diaryl/α,β-unsaturated/α-hetero) is 1. The molecule has 0 amide bonds. The second-order valence-corrected chi connectivity index (χ2v) is 14.3. The highest BCUT2D eigenvalue weighted by Gasteiger charge is 2.70. The molecule has 2 heterocycles. The van der Waals surface area contributed by atoms with E-state index in [0.29, 0.717) is 12.0 Å². The molecule has 0 aromatic carbocycles. The lowest BCUT2D eigenvalue weighted by atomic mass is 9.82. The third-order valence-corrected chi connectivity index (χ3v) is 6.72. The Kier molecular flexibility index (Phi) is 11.2. The summed E-state index contributed by atoms with van der Waals surface area (Å²) < 4.78 is 29.0. The zero-order chi connectivity index (χ0) is 31.3. The number of ketones is 1. The largest absolute Gasteiger partial charge is 0.462 e. The van der Waals surface area contributed by atoms with Crippen molar-refractivity contribution in [3.8, 4) is 0 Å². The third-order valence-electron chi connectivity index (χ3n) is 6.72. The molecular formula is C32H52O9. The van der Waals surface area contributed by atoms with Gasteiger partial charge in [0.15, 0.2) is 5.60 Å². The molecule has 0 radical (unpaired) electrons. The minimum Gasteiger partial charge on any atom is -0.462 e. The molecule has 2 aliphatic rings. The molecule has 2 rings (SSSR count). The zero-order valence-corrected chi connectivity index (χ0v) is 26.9. The molecule has 0 aromatic rings. The van der Waals surface area contributed by atoms with Crippen LogP contribution in [-0.2, 0) is 42.9 Å². The summed E-state index contributed by atoms with van der Waals surface area (Å²) in [4.78, 5) is 54.4. The summed E-state index contributed by atoms with van der Waals surface area (Å²) in [6.45, 7) is 17.3. The summed E-state index contributed by atoms with van der Waals surface area (Å²) in [6.07, 6.45) is 8.51. The van der Waals surface area contributed by atoms with Gasteiger partial charge in [-0.3, -0.25) is 14.4 Å². The smallest absolute Gasteiger partial charge is 0.340 e. The van der Waals surface area contributed by atoms with E-state index >= 15 is 0 Å². The Morgan fingerprint density at radius 2 is 1.37 bits per heavy atom. The lowest BCUT2D eigenvalue weighted by molar-refractivity contribution is -0.233. The van der Waals surface area contributed by atoms with Crippen molar-refractivity contribution in [2.24, 2.45) is 5.92 Å². The van der Waals surface area contributed by atoms with E-state index in [4.69, 9.17) is 23.7 Å². The van der Waals surface area contributed by atoms with Crippen molar-refractivity contribution < 1.29 is 42.9 Å². The van der Waals surface area contributed by atoms with E-state index in [1.807, 2.05) is 0 Å². The first-order valence-electron chi connectivity index (χ1n) is 15.0. The molecule has 234 valence electrons. The van der Waals surface area contributed by atoms with Crippen LogP contribution in [0.1, 0.15) is 133 Å². The Hall–Kier alpha value is -2.42. The maximum absolute atomic E-state index is 13.9. The first-order valence-corrected chi connectivity index (χ1v) is 15.0. The Balaban J connectivity index is 2.40. The average molecular weight is 581 g/mol. The van der Waals surface area contributed by atoms with E-state index in [2.05, 4.69) is 6.92 Å². The van der Waals surface area contributed by atoms with Gasteiger partial charge in [-0.1, -0.05) is 45.4 Å². The molecule has 0 aliphatic carbocycles. The molecule has 0 unspecified atom stereocenters. The van der Waals surface area contributed by atoms with E-state index in [1.165, 1.54) is 25.5 Å². The quantitative estimate of drug-likeness (QED) is 0.145. The van der Waals surface area contributed by atoms with E-state index in [9.17, 15) is 19.2 Å². The number of ether oxygens (including phenoxy) is 5. The van der Waals surface area contributed by atoms with Crippen LogP contribution in [-0.4, -0.2) is 51.9 Å². The number of carbonyl (C=O) groups excluding carboxylic acids is 4. The number of unbranched alkanes of at least 4 members (excludes halogenated alkanes) is 6. The Labute approximate surface area is 246 Å². The lowest BCUT2D eigenvalue weighted by Gasteiger charge is -2.35. The first kappa shape index (κ1) is 34.8. The van der Waals surface area contributed by atoms with Gasteiger partial charge in [0.25, 0.3) is 5.79 Å². The van der Waals surface area contributed by atoms with Gasteiger partial charge >= 0.3 is 17.9 Å². The van der Waals surface area contributed by atoms with Gasteiger partial charge < -0.3 is 23.7 Å². The summed E-state index contributed by atoms with van der Waals surface area (Å²) in [5, 5.41) is 0. The van der Waals surface area contributed by atoms with Gasteiger partial charge in [0.05, 0.1) is 12.7 Å². The SMILES string of the molecule is CCCCCCCCCC1=CO[C@]2(C[C@H](C(=O)OC(C)(C)C)[C@](CC(=O)OC(C)(C)C)(C(=O)OC(C)(C)C)O2)C1=O. The van der Waals surface area contributed by atoms with Gasteiger partial charge in [0.1, 0.15) is 22.7 Å². The van der Waals surface area contributed by atoms with E-state index in [0.717, 1.165) is 25.7 Å². The number of hydrogen-bond acceptors (Lipinski definition) is 9. The maximum atomic E-state index is 13.9. The molecule has 9 heteroatoms. The highest BCUT2D eigenvalue weighted by molar-refractivity contribution is 6.04. The molecule has 0 bridgehead atoms. The molecule has 3 atom stereocenters. The van der Waals surface area contributed by atoms with Gasteiger partial charge in [0, 0.05) is 12.0 Å². The number of carbonyl (C=O) groups is 4. The molecule has 2 aliphatic heterocycles. The second-order valence-electron chi connectivity index (χ2n) is 14.3. The summed E-state index contributed by atoms with van der Waals surface area (Å²) in [5.41, 5.74) is -4.51. The molecule has 41 heavy (non-hydrogen) atoms. The van der Waals surface area contributed by atoms with Crippen LogP contribution < -0.4 is 0 Å². The number of esters is 3. The van der Waals surface area contributed by atoms with Gasteiger partial charge in [0.2, 0.25) is 5.78 Å². The number of hydrogen-bond donors (Lipinski definition) is 0. The van der Waals surface area contributed by atoms with Crippen LogP contribution >= 0.6 is 0 Å². The standard InChI is InChI=1S/C32H52O9/c1-11-12-13-14-15-16-17-18-22-21-37-32(25(22)34)19-23(26(35)39-29(5,6)7)31(41-32,27(36)40-30(8,9)10)20-24(33)38-28(2,3)4/h21,23H,11-20H2,1-10H3/t23-,31-,32+/m1/s1. The Bertz CT molecular complexity index is 992. The fourth-order valence-corrected chi connectivity index (χ4v) is 5.03. The summed E-state index contributed by atoms with van der Waals surface area (Å²) >= 11 is 0. The van der Waals surface area contributed by atoms with Crippen LogP contribution in [0.15, 0.2) is 11.8 Å². The van der Waals surface area contributed by atoms with Crippen molar-refractivity contribution in [3.63, 3.8) is 0 Å². The predicted octanol–water partition coefficient (Wildman–Crippen LogP) is 6.50. The average Bonchev–Trinajstić information content (AvgIpc) is 3.27. The molecular weight excluding hydrogens is 528 g/mol. The summed E-state index contributed by atoms with van der Waals surface area (Å²) in [6, 6.07) is 0. The molecule has 9 nitrogen and oxygen atoms in total. The lowest BCUT2D eigenvalue weighted by Crippen LogP contribution is -2.54. The zero-order valence-electron chi connectivity index (χ0n) is 26.9. The van der Waals surface area contributed by atoms with Gasteiger partial charge in [-0.15, -0.1) is 0 Å². The molecule has 1 fully saturated rings. The Morgan fingerprint density at radius 1 is 0.829 bits per heavy atom. The normalized spacial score (nSPS) is 24.7. The minimum absolute atomic E-state index is 0.306. The van der Waals surface area contributed by atoms with E-state index in [1.54, 1.807) is 62.3 Å². The molecule has 1 spiro atoms. The molecule has 1 saturated heterocycles. The topological polar surface area (TPSA) is 114 Å². The van der Waals surface area contributed by atoms with E-state index < -0.39 is 64.2 Å². The van der Waals surface area contributed by atoms with Crippen LogP contribution in [0.4, 0.5) is 0 Å². The van der Waals surface area contributed by atoms with Crippen molar-refractivity contribution in [2.75, 3.05) is 0 Å². The van der Waals surface area contributed by atoms with Gasteiger partial charge in [-0.2, -0.15) is 0 Å². The third kappa shape index (κ3) is 9.83. The van der Waals surface area contributed by atoms with Crippen molar-refractivity contribution in [3.05, 3.63) is 11.8 Å². The fraction of sp³-hybridized carbons (Fsp3) is 0.812. The molecule has 0 N–H and O–H groups in total. The van der Waals surface area contributed by atoms with Crippen LogP contribution in [0.3, 0.4) is 0 Å². The van der Waals surface area contributed by atoms with E-state index in [-0.39, 0.29) is 6.42 Å². The second kappa shape index (κ2) is 13.3. The maximum Gasteiger partial charge on any atom is 0.340 e. The minimum atomic E-state index is -2.20. The molecule has 0 aromatic heterocycles. The van der Waals surface area contributed by atoms with Gasteiger partial charge in [-0.05, 0) is 75.2 Å². The number of rotatable bonds is 12. The fourth-order valence-electron chi connectivity index (χ4n) is 5.03. The van der Waals surface area contributed by atoms with Crippen molar-refractivity contribution in [2.45, 2.75) is 162 Å². The van der Waals surface area contributed by atoms with Crippen LogP contribution in [0, 0.1) is 5.92 Å². The van der Waals surface area contributed by atoms with Crippen molar-refractivity contribution in [1.82, 2.24) is 0 Å². The van der Waals surface area contributed by atoms with Crippen molar-refractivity contribution >= 4 is 23.7 Å². The van der Waals surface area contributed by atoms with Crippen LogP contribution in [0.25, 0.3) is 0 Å². The monoisotopic (exact) mass is 580 g/mol. The molecule has 0 saturated carbocycles. The highest BCUT2D eigenvalue weighted by atomic mass is 16.7.